The van der Waals surface area contributed by atoms with Gasteiger partial charge < -0.3 is 15.0 Å². The first-order chi connectivity index (χ1) is 14.8. The first kappa shape index (κ1) is 22.9. The molecule has 1 N–H and O–H groups in total. The summed E-state index contributed by atoms with van der Waals surface area (Å²) in [4.78, 5) is 27.6. The van der Waals surface area contributed by atoms with Crippen LogP contribution in [-0.4, -0.2) is 41.6 Å². The maximum Gasteiger partial charge on any atom is 0.408 e. The van der Waals surface area contributed by atoms with Crippen molar-refractivity contribution in [3.8, 4) is 0 Å². The van der Waals surface area contributed by atoms with E-state index in [2.05, 4.69) is 29.6 Å². The molecule has 5 heteroatoms. The monoisotopic (exact) mass is 422 g/mol. The Morgan fingerprint density at radius 3 is 2.06 bits per heavy atom. The molecular formula is C26H34N2O3. The number of likely N-dealkylation sites (tertiary alicyclic amines) is 1. The highest BCUT2D eigenvalue weighted by Crippen LogP contribution is 2.22. The Hall–Kier alpha value is -2.82. The highest BCUT2D eigenvalue weighted by atomic mass is 16.6. The van der Waals surface area contributed by atoms with Gasteiger partial charge >= 0.3 is 6.09 Å². The number of nitrogens with zero attached hydrogens (tertiary/aromatic N) is 1. The van der Waals surface area contributed by atoms with Gasteiger partial charge in [0.05, 0.1) is 0 Å². The van der Waals surface area contributed by atoms with Crippen LogP contribution in [0.15, 0.2) is 60.7 Å². The lowest BCUT2D eigenvalue weighted by Crippen LogP contribution is -2.52. The molecule has 31 heavy (non-hydrogen) atoms. The van der Waals surface area contributed by atoms with Gasteiger partial charge in [-0.2, -0.15) is 0 Å². The van der Waals surface area contributed by atoms with Crippen molar-refractivity contribution in [2.75, 3.05) is 13.1 Å². The van der Waals surface area contributed by atoms with Crippen molar-refractivity contribution in [2.24, 2.45) is 5.92 Å². The van der Waals surface area contributed by atoms with Gasteiger partial charge in [-0.3, -0.25) is 4.79 Å². The molecule has 1 saturated heterocycles. The molecule has 0 radical (unpaired) electrons. The minimum atomic E-state index is -0.636. The van der Waals surface area contributed by atoms with Gasteiger partial charge in [0, 0.05) is 19.5 Å². The highest BCUT2D eigenvalue weighted by Gasteiger charge is 2.30. The van der Waals surface area contributed by atoms with E-state index in [0.717, 1.165) is 37.9 Å². The first-order valence-electron chi connectivity index (χ1n) is 11.2. The van der Waals surface area contributed by atoms with Gasteiger partial charge in [-0.15, -0.1) is 0 Å². The average molecular weight is 423 g/mol. The Kier molecular flexibility index (Phi) is 7.72. The molecule has 166 valence electrons. The van der Waals surface area contributed by atoms with Crippen LogP contribution in [-0.2, 0) is 22.4 Å². The van der Waals surface area contributed by atoms with E-state index in [0.29, 0.717) is 12.3 Å². The van der Waals surface area contributed by atoms with Crippen molar-refractivity contribution in [1.29, 1.82) is 0 Å². The van der Waals surface area contributed by atoms with E-state index in [-0.39, 0.29) is 5.91 Å². The van der Waals surface area contributed by atoms with Gasteiger partial charge in [0.2, 0.25) is 5.91 Å². The third-order valence-electron chi connectivity index (χ3n) is 5.57. The maximum absolute atomic E-state index is 13.3. The van der Waals surface area contributed by atoms with Crippen molar-refractivity contribution in [3.05, 3.63) is 71.8 Å². The minimum Gasteiger partial charge on any atom is -0.444 e. The summed E-state index contributed by atoms with van der Waals surface area (Å²) in [5.41, 5.74) is 1.75. The first-order valence-corrected chi connectivity index (χ1v) is 11.2. The molecule has 0 bridgehead atoms. The Morgan fingerprint density at radius 1 is 0.968 bits per heavy atom. The van der Waals surface area contributed by atoms with Crippen molar-refractivity contribution < 1.29 is 14.3 Å². The lowest BCUT2D eigenvalue weighted by Gasteiger charge is -2.34. The second-order valence-electron chi connectivity index (χ2n) is 9.35. The summed E-state index contributed by atoms with van der Waals surface area (Å²) in [6.07, 6.45) is 2.90. The van der Waals surface area contributed by atoms with E-state index in [1.54, 1.807) is 0 Å². The number of hydrogen-bond acceptors (Lipinski definition) is 3. The normalized spacial score (nSPS) is 15.9. The van der Waals surface area contributed by atoms with Crippen LogP contribution >= 0.6 is 0 Å². The summed E-state index contributed by atoms with van der Waals surface area (Å²) >= 11 is 0. The van der Waals surface area contributed by atoms with E-state index in [1.807, 2.05) is 62.1 Å². The Balaban J connectivity index is 1.61. The number of nitrogens with one attached hydrogen (secondary N) is 1. The summed E-state index contributed by atoms with van der Waals surface area (Å²) in [6.45, 7) is 6.89. The van der Waals surface area contributed by atoms with Crippen LogP contribution in [0.3, 0.4) is 0 Å². The fourth-order valence-electron chi connectivity index (χ4n) is 4.02. The number of amides is 2. The fourth-order valence-corrected chi connectivity index (χ4v) is 4.02. The molecule has 0 aromatic heterocycles. The SMILES string of the molecule is CC(C)(C)OC(=O)NC(Cc1ccccc1)C(=O)N1CCC(Cc2ccccc2)CC1. The molecule has 5 nitrogen and oxygen atoms in total. The fraction of sp³-hybridized carbons (Fsp3) is 0.462. The summed E-state index contributed by atoms with van der Waals surface area (Å²) < 4.78 is 5.41. The minimum absolute atomic E-state index is 0.0344. The molecule has 3 rings (SSSR count). The van der Waals surface area contributed by atoms with Crippen molar-refractivity contribution in [3.63, 3.8) is 0 Å². The summed E-state index contributed by atoms with van der Waals surface area (Å²) in [5.74, 6) is 0.547. The Bertz CT molecular complexity index is 838. The van der Waals surface area contributed by atoms with Crippen LogP contribution in [0.1, 0.15) is 44.7 Å². The third-order valence-corrected chi connectivity index (χ3v) is 5.57. The van der Waals surface area contributed by atoms with Gasteiger partial charge in [0.1, 0.15) is 11.6 Å². The predicted molar refractivity (Wildman–Crippen MR) is 123 cm³/mol. The maximum atomic E-state index is 13.3. The zero-order valence-electron chi connectivity index (χ0n) is 18.8. The van der Waals surface area contributed by atoms with Gasteiger partial charge in [-0.05, 0) is 57.1 Å². The summed E-state index contributed by atoms with van der Waals surface area (Å²) in [5, 5.41) is 2.82. The standard InChI is InChI=1S/C26H34N2O3/c1-26(2,3)31-25(30)27-23(19-21-12-8-5-9-13-21)24(29)28-16-14-22(15-17-28)18-20-10-6-4-7-11-20/h4-13,22-23H,14-19H2,1-3H3,(H,27,30). The van der Waals surface area contributed by atoms with Crippen LogP contribution in [0.4, 0.5) is 4.79 Å². The molecule has 1 aliphatic rings. The quantitative estimate of drug-likeness (QED) is 0.740. The van der Waals surface area contributed by atoms with Crippen molar-refractivity contribution >= 4 is 12.0 Å². The zero-order chi connectivity index (χ0) is 22.3. The van der Waals surface area contributed by atoms with Crippen LogP contribution in [0.2, 0.25) is 0 Å². The van der Waals surface area contributed by atoms with Crippen LogP contribution in [0.5, 0.6) is 0 Å². The Morgan fingerprint density at radius 2 is 1.52 bits per heavy atom. The lowest BCUT2D eigenvalue weighted by molar-refractivity contribution is -0.134. The number of carbonyl (C=O) groups excluding carboxylic acids is 2. The smallest absolute Gasteiger partial charge is 0.408 e. The largest absolute Gasteiger partial charge is 0.444 e. The molecule has 0 aliphatic carbocycles. The molecule has 0 spiro atoms. The van der Waals surface area contributed by atoms with E-state index in [9.17, 15) is 9.59 Å². The number of rotatable bonds is 6. The lowest BCUT2D eigenvalue weighted by atomic mass is 9.90. The molecule has 1 aliphatic heterocycles. The second kappa shape index (κ2) is 10.5. The summed E-state index contributed by atoms with van der Waals surface area (Å²) in [7, 11) is 0. The number of benzene rings is 2. The van der Waals surface area contributed by atoms with Gasteiger partial charge in [0.25, 0.3) is 0 Å². The molecule has 1 unspecified atom stereocenters. The molecule has 1 atom stereocenters. The molecule has 0 saturated carbocycles. The molecular weight excluding hydrogens is 388 g/mol. The molecule has 2 aromatic carbocycles. The van der Waals surface area contributed by atoms with Crippen molar-refractivity contribution in [1.82, 2.24) is 10.2 Å². The van der Waals surface area contributed by atoms with Gasteiger partial charge in [-0.1, -0.05) is 60.7 Å². The van der Waals surface area contributed by atoms with E-state index < -0.39 is 17.7 Å². The number of ether oxygens (including phenoxy) is 1. The highest BCUT2D eigenvalue weighted by molar-refractivity contribution is 5.86. The van der Waals surface area contributed by atoms with Gasteiger partial charge in [-0.25, -0.2) is 4.79 Å². The number of hydrogen-bond donors (Lipinski definition) is 1. The van der Waals surface area contributed by atoms with Crippen LogP contribution in [0.25, 0.3) is 0 Å². The van der Waals surface area contributed by atoms with E-state index in [4.69, 9.17) is 4.74 Å². The number of carbonyl (C=O) groups is 2. The van der Waals surface area contributed by atoms with Crippen LogP contribution in [0, 0.1) is 5.92 Å². The third kappa shape index (κ3) is 7.42. The zero-order valence-corrected chi connectivity index (χ0v) is 18.8. The van der Waals surface area contributed by atoms with Crippen molar-refractivity contribution in [2.45, 2.75) is 58.1 Å². The van der Waals surface area contributed by atoms with E-state index in [1.165, 1.54) is 5.56 Å². The molecule has 1 heterocycles. The summed E-state index contributed by atoms with van der Waals surface area (Å²) in [6, 6.07) is 19.7. The average Bonchev–Trinajstić information content (AvgIpc) is 2.73. The second-order valence-corrected chi connectivity index (χ2v) is 9.35. The number of piperidine rings is 1. The molecule has 2 amide bonds. The topological polar surface area (TPSA) is 58.6 Å². The van der Waals surface area contributed by atoms with Gasteiger partial charge in [0.15, 0.2) is 0 Å². The van der Waals surface area contributed by atoms with E-state index >= 15 is 0 Å². The predicted octanol–water partition coefficient (Wildman–Crippen LogP) is 4.60. The Labute approximate surface area is 185 Å². The molecule has 2 aromatic rings. The molecule has 1 fully saturated rings. The number of alkyl carbamates (subject to hydrolysis) is 1. The van der Waals surface area contributed by atoms with Crippen LogP contribution < -0.4 is 5.32 Å².